The number of hydrogen-bond acceptors (Lipinski definition) is 4. The lowest BCUT2D eigenvalue weighted by Crippen LogP contribution is -2.55. The molecular weight excluding hydrogens is 156 g/mol. The van der Waals surface area contributed by atoms with Crippen LogP contribution < -0.4 is 11.1 Å². The van der Waals surface area contributed by atoms with Crippen LogP contribution in [0.15, 0.2) is 0 Å². The molecule has 3 unspecified atom stereocenters. The second kappa shape index (κ2) is 3.87. The second-order valence-electron chi connectivity index (χ2n) is 3.18. The molecule has 3 atom stereocenters. The minimum atomic E-state index is -0.143. The Kier molecular flexibility index (Phi) is 3.05. The van der Waals surface area contributed by atoms with Gasteiger partial charge in [-0.05, 0) is 25.9 Å². The molecule has 0 bridgehead atoms. The third kappa shape index (κ3) is 1.44. The van der Waals surface area contributed by atoms with Gasteiger partial charge in [0.05, 0.1) is 13.0 Å². The standard InChI is InChI=1S/C8H16N2O2/c1-10-6-3-5(4-9)7(6)8(11)12-2/h5-7,10H,3-4,9H2,1-2H3. The van der Waals surface area contributed by atoms with Crippen molar-refractivity contribution < 1.29 is 9.53 Å². The fraction of sp³-hybridized carbons (Fsp3) is 0.875. The number of methoxy groups -OCH3 is 1. The molecule has 12 heavy (non-hydrogen) atoms. The highest BCUT2D eigenvalue weighted by Gasteiger charge is 2.44. The van der Waals surface area contributed by atoms with E-state index in [1.54, 1.807) is 0 Å². The van der Waals surface area contributed by atoms with Crippen molar-refractivity contribution >= 4 is 5.97 Å². The van der Waals surface area contributed by atoms with Crippen LogP contribution in [0.3, 0.4) is 0 Å². The fourth-order valence-corrected chi connectivity index (χ4v) is 1.79. The van der Waals surface area contributed by atoms with Gasteiger partial charge in [-0.3, -0.25) is 4.79 Å². The first-order chi connectivity index (χ1) is 5.74. The quantitative estimate of drug-likeness (QED) is 0.555. The summed E-state index contributed by atoms with van der Waals surface area (Å²) in [7, 11) is 3.27. The average molecular weight is 172 g/mol. The van der Waals surface area contributed by atoms with E-state index in [4.69, 9.17) is 5.73 Å². The number of hydrogen-bond donors (Lipinski definition) is 2. The smallest absolute Gasteiger partial charge is 0.310 e. The summed E-state index contributed by atoms with van der Waals surface area (Å²) in [6.07, 6.45) is 0.979. The van der Waals surface area contributed by atoms with Crippen LogP contribution in [0.5, 0.6) is 0 Å². The Balaban J connectivity index is 2.51. The fourth-order valence-electron chi connectivity index (χ4n) is 1.79. The predicted molar refractivity (Wildman–Crippen MR) is 45.5 cm³/mol. The first kappa shape index (κ1) is 9.48. The predicted octanol–water partition coefficient (Wildman–Crippen LogP) is -0.658. The van der Waals surface area contributed by atoms with E-state index in [1.807, 2.05) is 7.05 Å². The lowest BCUT2D eigenvalue weighted by atomic mass is 9.69. The van der Waals surface area contributed by atoms with Gasteiger partial charge < -0.3 is 15.8 Å². The van der Waals surface area contributed by atoms with Crippen molar-refractivity contribution in [2.75, 3.05) is 20.7 Å². The first-order valence-corrected chi connectivity index (χ1v) is 4.19. The number of esters is 1. The monoisotopic (exact) mass is 172 g/mol. The van der Waals surface area contributed by atoms with Gasteiger partial charge in [0.15, 0.2) is 0 Å². The maximum absolute atomic E-state index is 11.2. The number of nitrogens with two attached hydrogens (primary N) is 1. The number of ether oxygens (including phenoxy) is 1. The molecule has 0 radical (unpaired) electrons. The third-order valence-corrected chi connectivity index (χ3v) is 2.64. The van der Waals surface area contributed by atoms with Crippen LogP contribution in [0, 0.1) is 11.8 Å². The van der Waals surface area contributed by atoms with Crippen LogP contribution in [-0.2, 0) is 9.53 Å². The van der Waals surface area contributed by atoms with Crippen molar-refractivity contribution in [2.45, 2.75) is 12.5 Å². The van der Waals surface area contributed by atoms with Crippen molar-refractivity contribution in [2.24, 2.45) is 17.6 Å². The Labute approximate surface area is 72.5 Å². The zero-order chi connectivity index (χ0) is 9.14. The number of carbonyl (C=O) groups is 1. The van der Waals surface area contributed by atoms with E-state index in [2.05, 4.69) is 10.1 Å². The molecule has 70 valence electrons. The average Bonchev–Trinajstić information content (AvgIpc) is 2.04. The lowest BCUT2D eigenvalue weighted by Gasteiger charge is -2.41. The largest absolute Gasteiger partial charge is 0.469 e. The molecule has 1 saturated carbocycles. The zero-order valence-corrected chi connectivity index (χ0v) is 7.54. The maximum atomic E-state index is 11.2. The molecule has 3 N–H and O–H groups in total. The summed E-state index contributed by atoms with van der Waals surface area (Å²) >= 11 is 0. The minimum absolute atomic E-state index is 0.0370. The van der Waals surface area contributed by atoms with Gasteiger partial charge in [0.2, 0.25) is 0 Å². The van der Waals surface area contributed by atoms with Crippen LogP contribution in [0.25, 0.3) is 0 Å². The molecule has 0 aromatic heterocycles. The highest BCUT2D eigenvalue weighted by Crippen LogP contribution is 2.34. The van der Waals surface area contributed by atoms with Gasteiger partial charge in [0.1, 0.15) is 0 Å². The molecule has 0 heterocycles. The van der Waals surface area contributed by atoms with E-state index in [1.165, 1.54) is 7.11 Å². The van der Waals surface area contributed by atoms with Crippen LogP contribution in [-0.4, -0.2) is 32.7 Å². The van der Waals surface area contributed by atoms with Crippen molar-refractivity contribution in [1.29, 1.82) is 0 Å². The van der Waals surface area contributed by atoms with Crippen molar-refractivity contribution in [1.82, 2.24) is 5.32 Å². The normalized spacial score (nSPS) is 34.1. The van der Waals surface area contributed by atoms with Crippen LogP contribution >= 0.6 is 0 Å². The van der Waals surface area contributed by atoms with Gasteiger partial charge in [-0.1, -0.05) is 0 Å². The number of carbonyl (C=O) groups excluding carboxylic acids is 1. The summed E-state index contributed by atoms with van der Waals surface area (Å²) in [5.41, 5.74) is 5.50. The molecule has 0 aliphatic heterocycles. The Hall–Kier alpha value is -0.610. The van der Waals surface area contributed by atoms with Crippen LogP contribution in [0.4, 0.5) is 0 Å². The topological polar surface area (TPSA) is 64.3 Å². The minimum Gasteiger partial charge on any atom is -0.469 e. The lowest BCUT2D eigenvalue weighted by molar-refractivity contribution is -0.153. The summed E-state index contributed by atoms with van der Waals surface area (Å²) in [6, 6.07) is 0.256. The molecule has 4 nitrogen and oxygen atoms in total. The molecule has 0 spiro atoms. The van der Waals surface area contributed by atoms with Crippen molar-refractivity contribution in [3.8, 4) is 0 Å². The van der Waals surface area contributed by atoms with Gasteiger partial charge in [-0.15, -0.1) is 0 Å². The highest BCUT2D eigenvalue weighted by molar-refractivity contribution is 5.74. The number of nitrogens with one attached hydrogen (secondary N) is 1. The Bertz CT molecular complexity index is 162. The van der Waals surface area contributed by atoms with Gasteiger partial charge in [-0.25, -0.2) is 0 Å². The molecule has 0 amide bonds. The summed E-state index contributed by atoms with van der Waals surface area (Å²) in [4.78, 5) is 11.2. The Morgan fingerprint density at radius 3 is 2.83 bits per heavy atom. The van der Waals surface area contributed by atoms with Gasteiger partial charge in [-0.2, -0.15) is 0 Å². The summed E-state index contributed by atoms with van der Waals surface area (Å²) in [5.74, 6) is 0.121. The Morgan fingerprint density at radius 2 is 2.42 bits per heavy atom. The van der Waals surface area contributed by atoms with E-state index < -0.39 is 0 Å². The molecule has 0 saturated heterocycles. The van der Waals surface area contributed by atoms with Gasteiger partial charge >= 0.3 is 5.97 Å². The molecule has 1 aliphatic carbocycles. The third-order valence-electron chi connectivity index (χ3n) is 2.64. The van der Waals surface area contributed by atoms with E-state index in [9.17, 15) is 4.79 Å². The molecule has 1 fully saturated rings. The molecule has 1 rings (SSSR count). The highest BCUT2D eigenvalue weighted by atomic mass is 16.5. The second-order valence-corrected chi connectivity index (χ2v) is 3.18. The van der Waals surface area contributed by atoms with Gasteiger partial charge in [0.25, 0.3) is 0 Å². The summed E-state index contributed by atoms with van der Waals surface area (Å²) in [5, 5.41) is 3.07. The Morgan fingerprint density at radius 1 is 1.75 bits per heavy atom. The van der Waals surface area contributed by atoms with E-state index >= 15 is 0 Å². The SMILES string of the molecule is CNC1CC(CN)C1C(=O)OC. The zero-order valence-electron chi connectivity index (χ0n) is 7.54. The van der Waals surface area contributed by atoms with Crippen molar-refractivity contribution in [3.63, 3.8) is 0 Å². The van der Waals surface area contributed by atoms with Crippen LogP contribution in [0.1, 0.15) is 6.42 Å². The molecular formula is C8H16N2O2. The maximum Gasteiger partial charge on any atom is 0.310 e. The summed E-state index contributed by atoms with van der Waals surface area (Å²) < 4.78 is 4.68. The van der Waals surface area contributed by atoms with E-state index in [0.29, 0.717) is 12.5 Å². The van der Waals surface area contributed by atoms with Crippen molar-refractivity contribution in [3.05, 3.63) is 0 Å². The molecule has 0 aromatic rings. The summed E-state index contributed by atoms with van der Waals surface area (Å²) in [6.45, 7) is 0.567. The van der Waals surface area contributed by atoms with Crippen LogP contribution in [0.2, 0.25) is 0 Å². The number of rotatable bonds is 3. The molecule has 0 aromatic carbocycles. The molecule has 1 aliphatic rings. The van der Waals surface area contributed by atoms with E-state index in [0.717, 1.165) is 6.42 Å². The first-order valence-electron chi connectivity index (χ1n) is 4.19. The van der Waals surface area contributed by atoms with E-state index in [-0.39, 0.29) is 17.9 Å². The van der Waals surface area contributed by atoms with Gasteiger partial charge in [0, 0.05) is 6.04 Å². The molecule has 4 heteroatoms.